The average Bonchev–Trinajstić information content (AvgIpc) is 3.75. The molecule has 1 aliphatic heterocycles. The summed E-state index contributed by atoms with van der Waals surface area (Å²) in [6.45, 7) is 10.1. The summed E-state index contributed by atoms with van der Waals surface area (Å²) in [6, 6.07) is 18.4. The Bertz CT molecular complexity index is 2200. The number of hydrogen-bond donors (Lipinski definition) is 2. The number of rotatable bonds is 14. The number of ether oxygens (including phenoxy) is 2. The summed E-state index contributed by atoms with van der Waals surface area (Å²) in [5.41, 5.74) is 4.96. The van der Waals surface area contributed by atoms with Gasteiger partial charge < -0.3 is 19.7 Å². The van der Waals surface area contributed by atoms with Crippen LogP contribution in [-0.2, 0) is 52.4 Å². The van der Waals surface area contributed by atoms with E-state index >= 15 is 0 Å². The monoisotopic (exact) mass is 743 g/mol. The first-order valence-corrected chi connectivity index (χ1v) is 18.9. The molecule has 5 aromatic rings. The molecule has 0 spiro atoms. The molecule has 280 valence electrons. The first-order chi connectivity index (χ1) is 25.3. The van der Waals surface area contributed by atoms with Crippen LogP contribution in [0.15, 0.2) is 78.0 Å². The topological polar surface area (TPSA) is 175 Å². The summed E-state index contributed by atoms with van der Waals surface area (Å²) >= 11 is 0. The van der Waals surface area contributed by atoms with Crippen molar-refractivity contribution in [2.75, 3.05) is 6.54 Å². The molecule has 0 aliphatic carbocycles. The molecule has 0 radical (unpaired) electrons. The molecule has 2 N–H and O–H groups in total. The molecular formula is C38H45N7O7S. The average molecular weight is 744 g/mol. The highest BCUT2D eigenvalue weighted by Crippen LogP contribution is 2.39. The van der Waals surface area contributed by atoms with Gasteiger partial charge in [-0.3, -0.25) is 4.79 Å². The van der Waals surface area contributed by atoms with Gasteiger partial charge in [-0.2, -0.15) is 4.31 Å². The summed E-state index contributed by atoms with van der Waals surface area (Å²) in [5, 5.41) is 36.2. The third-order valence-corrected chi connectivity index (χ3v) is 11.3. The molecule has 3 aromatic carbocycles. The number of benzene rings is 3. The van der Waals surface area contributed by atoms with Gasteiger partial charge in [-0.05, 0) is 74.1 Å². The maximum atomic E-state index is 13.9. The number of fused-ring (bicyclic) bond motifs is 1. The van der Waals surface area contributed by atoms with E-state index in [1.807, 2.05) is 39.0 Å². The predicted molar refractivity (Wildman–Crippen MR) is 194 cm³/mol. The first kappa shape index (κ1) is 37.8. The Morgan fingerprint density at radius 1 is 0.962 bits per heavy atom. The largest absolute Gasteiger partial charge is 0.488 e. The number of carbonyl (C=O) groups is 1. The normalized spacial score (nSPS) is 16.5. The van der Waals surface area contributed by atoms with Crippen LogP contribution in [0, 0.1) is 19.3 Å². The van der Waals surface area contributed by atoms with E-state index in [1.165, 1.54) is 4.31 Å². The van der Waals surface area contributed by atoms with Gasteiger partial charge in [-0.25, -0.2) is 17.8 Å². The van der Waals surface area contributed by atoms with Crippen LogP contribution in [0.2, 0.25) is 0 Å². The van der Waals surface area contributed by atoms with E-state index in [9.17, 15) is 23.4 Å². The quantitative estimate of drug-likeness (QED) is 0.160. The summed E-state index contributed by atoms with van der Waals surface area (Å²) in [4.78, 5) is 12.7. The van der Waals surface area contributed by atoms with E-state index in [-0.39, 0.29) is 37.3 Å². The lowest BCUT2D eigenvalue weighted by atomic mass is 9.81. The smallest absolute Gasteiger partial charge is 0.312 e. The van der Waals surface area contributed by atoms with Crippen molar-refractivity contribution in [2.24, 2.45) is 5.41 Å². The van der Waals surface area contributed by atoms with Crippen molar-refractivity contribution in [3.05, 3.63) is 118 Å². The van der Waals surface area contributed by atoms with Gasteiger partial charge in [0, 0.05) is 6.54 Å². The van der Waals surface area contributed by atoms with Gasteiger partial charge in [0.2, 0.25) is 10.0 Å². The molecule has 2 atom stereocenters. The zero-order valence-electron chi connectivity index (χ0n) is 30.5. The molecule has 53 heavy (non-hydrogen) atoms. The second-order valence-electron chi connectivity index (χ2n) is 14.1. The lowest BCUT2D eigenvalue weighted by Gasteiger charge is -2.31. The van der Waals surface area contributed by atoms with Crippen molar-refractivity contribution in [1.82, 2.24) is 34.3 Å². The minimum Gasteiger partial charge on any atom is -0.488 e. The second kappa shape index (κ2) is 15.6. The maximum Gasteiger partial charge on any atom is 0.312 e. The van der Waals surface area contributed by atoms with Crippen molar-refractivity contribution in [1.29, 1.82) is 0 Å². The molecule has 0 amide bonds. The van der Waals surface area contributed by atoms with Gasteiger partial charge in [-0.15, -0.1) is 10.2 Å². The number of aliphatic hydroxyl groups excluding tert-OH is 1. The Morgan fingerprint density at radius 3 is 2.26 bits per heavy atom. The van der Waals surface area contributed by atoms with E-state index in [4.69, 9.17) is 9.47 Å². The zero-order chi connectivity index (χ0) is 37.9. The molecule has 1 aliphatic rings. The van der Waals surface area contributed by atoms with E-state index in [0.717, 1.165) is 27.8 Å². The standard InChI is InChI=1S/C38H45N7O7S/c1-6-33-22-45(53(49,50)35-10-8-7-9-34(35)52-33)19-30-16-29(12-11-26(30)3)36(38(4,5)37(47)48)51-24-32-21-44(42-40-32)18-28-14-25(2)13-27(15-28)17-43-20-31(23-46)39-41-43/h7-16,20-21,33,36,46H,6,17-19,22-24H2,1-5H3,(H,47,48)/t33-,36?/m1/s1. The lowest BCUT2D eigenvalue weighted by molar-refractivity contribution is -0.158. The third-order valence-electron chi connectivity index (χ3n) is 9.47. The van der Waals surface area contributed by atoms with Crippen LogP contribution in [0.5, 0.6) is 5.75 Å². The minimum atomic E-state index is -3.89. The van der Waals surface area contributed by atoms with Crippen LogP contribution in [0.4, 0.5) is 0 Å². The van der Waals surface area contributed by atoms with Crippen molar-refractivity contribution in [2.45, 2.75) is 91.0 Å². The van der Waals surface area contributed by atoms with Gasteiger partial charge in [0.25, 0.3) is 0 Å². The molecular weight excluding hydrogens is 699 g/mol. The minimum absolute atomic E-state index is 0.00402. The molecule has 3 heterocycles. The Labute approximate surface area is 309 Å². The van der Waals surface area contributed by atoms with Gasteiger partial charge in [0.15, 0.2) is 0 Å². The van der Waals surface area contributed by atoms with Gasteiger partial charge in [0.05, 0.1) is 56.8 Å². The SMILES string of the molecule is CC[C@@H]1CN(Cc2cc(C(OCc3cn(Cc4cc(C)cc(Cn5cc(CO)nn5)c4)nn3)C(C)(C)C(=O)O)ccc2C)S(=O)(=O)c2ccccc2O1. The summed E-state index contributed by atoms with van der Waals surface area (Å²) < 4.78 is 45.0. The van der Waals surface area contributed by atoms with Crippen LogP contribution in [0.1, 0.15) is 78.1 Å². The van der Waals surface area contributed by atoms with E-state index in [2.05, 4.69) is 38.8 Å². The third kappa shape index (κ3) is 8.49. The van der Waals surface area contributed by atoms with E-state index in [1.54, 1.807) is 59.9 Å². The molecule has 0 fully saturated rings. The fourth-order valence-electron chi connectivity index (χ4n) is 6.50. The Hall–Kier alpha value is -4.96. The van der Waals surface area contributed by atoms with Crippen molar-refractivity contribution >= 4 is 16.0 Å². The number of hydrogen-bond acceptors (Lipinski definition) is 10. The molecule has 0 saturated carbocycles. The number of aliphatic hydroxyl groups is 1. The number of aliphatic carboxylic acids is 1. The maximum absolute atomic E-state index is 13.9. The lowest BCUT2D eigenvalue weighted by Crippen LogP contribution is -2.36. The molecule has 0 saturated heterocycles. The second-order valence-corrected chi connectivity index (χ2v) is 16.0. The Morgan fingerprint density at radius 2 is 1.62 bits per heavy atom. The number of sulfonamides is 1. The summed E-state index contributed by atoms with van der Waals surface area (Å²) in [6.07, 6.45) is 2.86. The Balaban J connectivity index is 1.20. The number of carboxylic acid groups (broad SMARTS) is 1. The summed E-state index contributed by atoms with van der Waals surface area (Å²) in [7, 11) is -3.89. The van der Waals surface area contributed by atoms with Crippen LogP contribution in [0.25, 0.3) is 0 Å². The molecule has 14 nitrogen and oxygen atoms in total. The van der Waals surface area contributed by atoms with Crippen LogP contribution >= 0.6 is 0 Å². The van der Waals surface area contributed by atoms with E-state index in [0.29, 0.717) is 42.2 Å². The van der Waals surface area contributed by atoms with Gasteiger partial charge in [0.1, 0.15) is 28.1 Å². The number of nitrogens with zero attached hydrogens (tertiary/aromatic N) is 7. The Kier molecular flexibility index (Phi) is 11.1. The molecule has 2 aromatic heterocycles. The van der Waals surface area contributed by atoms with Crippen LogP contribution in [-0.4, -0.2) is 71.5 Å². The van der Waals surface area contributed by atoms with E-state index < -0.39 is 27.5 Å². The molecule has 15 heteroatoms. The fourth-order valence-corrected chi connectivity index (χ4v) is 8.07. The van der Waals surface area contributed by atoms with Crippen molar-refractivity contribution in [3.8, 4) is 5.75 Å². The number of para-hydroxylation sites is 1. The molecule has 1 unspecified atom stereocenters. The van der Waals surface area contributed by atoms with Crippen LogP contribution < -0.4 is 4.74 Å². The molecule has 0 bridgehead atoms. The number of aryl methyl sites for hydroxylation is 2. The van der Waals surface area contributed by atoms with Gasteiger partial charge in [-0.1, -0.05) is 71.4 Å². The highest BCUT2D eigenvalue weighted by molar-refractivity contribution is 7.89. The van der Waals surface area contributed by atoms with Crippen molar-refractivity contribution in [3.63, 3.8) is 0 Å². The van der Waals surface area contributed by atoms with Crippen molar-refractivity contribution < 1.29 is 32.9 Å². The zero-order valence-corrected chi connectivity index (χ0v) is 31.3. The highest BCUT2D eigenvalue weighted by Gasteiger charge is 2.40. The van der Waals surface area contributed by atoms with Crippen LogP contribution in [0.3, 0.4) is 0 Å². The highest BCUT2D eigenvalue weighted by atomic mass is 32.2. The molecule has 6 rings (SSSR count). The first-order valence-electron chi connectivity index (χ1n) is 17.5. The number of aromatic nitrogens is 6. The van der Waals surface area contributed by atoms with Gasteiger partial charge >= 0.3 is 5.97 Å². The number of carboxylic acids is 1. The summed E-state index contributed by atoms with van der Waals surface area (Å²) in [5.74, 6) is -0.706. The predicted octanol–water partition coefficient (Wildman–Crippen LogP) is 4.81. The fraction of sp³-hybridized carbons (Fsp3) is 0.395.